The minimum absolute atomic E-state index is 0.430. The minimum Gasteiger partial charge on any atom is -0.379 e. The fourth-order valence-electron chi connectivity index (χ4n) is 2.01. The normalized spacial score (nSPS) is 10.8. The van der Waals surface area contributed by atoms with Crippen molar-refractivity contribution in [2.75, 3.05) is 11.1 Å². The molecule has 20 heavy (non-hydrogen) atoms. The van der Waals surface area contributed by atoms with Gasteiger partial charge in [-0.25, -0.2) is 4.98 Å². The zero-order valence-electron chi connectivity index (χ0n) is 12.0. The lowest BCUT2D eigenvalue weighted by molar-refractivity contribution is 0.577. The SMILES string of the molecule is C=CCSc1ccccc1NCc1cncn1C(C)C. The van der Waals surface area contributed by atoms with Gasteiger partial charge in [-0.05, 0) is 26.0 Å². The Bertz CT molecular complexity index is 560. The van der Waals surface area contributed by atoms with Gasteiger partial charge in [0.2, 0.25) is 0 Å². The van der Waals surface area contributed by atoms with Gasteiger partial charge in [0, 0.05) is 28.6 Å². The lowest BCUT2D eigenvalue weighted by Gasteiger charge is -2.14. The summed E-state index contributed by atoms with van der Waals surface area (Å²) >= 11 is 1.79. The number of anilines is 1. The van der Waals surface area contributed by atoms with Crippen LogP contribution in [0.25, 0.3) is 0 Å². The van der Waals surface area contributed by atoms with Crippen LogP contribution in [0.4, 0.5) is 5.69 Å². The highest BCUT2D eigenvalue weighted by molar-refractivity contribution is 7.99. The largest absolute Gasteiger partial charge is 0.379 e. The molecule has 0 aliphatic carbocycles. The third-order valence-electron chi connectivity index (χ3n) is 3.01. The van der Waals surface area contributed by atoms with Crippen molar-refractivity contribution < 1.29 is 0 Å². The summed E-state index contributed by atoms with van der Waals surface area (Å²) in [5, 5.41) is 3.50. The number of nitrogens with zero attached hydrogens (tertiary/aromatic N) is 2. The lowest BCUT2D eigenvalue weighted by Crippen LogP contribution is -2.09. The number of nitrogens with one attached hydrogen (secondary N) is 1. The Labute approximate surface area is 125 Å². The number of imidazole rings is 1. The molecule has 0 saturated heterocycles. The van der Waals surface area contributed by atoms with E-state index in [1.165, 1.54) is 10.6 Å². The number of benzene rings is 1. The summed E-state index contributed by atoms with van der Waals surface area (Å²) in [5.74, 6) is 0.919. The Morgan fingerprint density at radius 1 is 1.40 bits per heavy atom. The highest BCUT2D eigenvalue weighted by Crippen LogP contribution is 2.27. The van der Waals surface area contributed by atoms with Crippen LogP contribution in [-0.4, -0.2) is 15.3 Å². The van der Waals surface area contributed by atoms with Crippen molar-refractivity contribution >= 4 is 17.4 Å². The zero-order chi connectivity index (χ0) is 14.4. The summed E-state index contributed by atoms with van der Waals surface area (Å²) in [6, 6.07) is 8.80. The molecular formula is C16H21N3S. The predicted octanol–water partition coefficient (Wildman–Crippen LogP) is 4.35. The fraction of sp³-hybridized carbons (Fsp3) is 0.312. The summed E-state index contributed by atoms with van der Waals surface area (Å²) in [6.45, 7) is 8.88. The van der Waals surface area contributed by atoms with E-state index in [0.29, 0.717) is 6.04 Å². The average Bonchev–Trinajstić information content (AvgIpc) is 2.92. The lowest BCUT2D eigenvalue weighted by atomic mass is 10.3. The second-order valence-corrected chi connectivity index (χ2v) is 5.90. The average molecular weight is 287 g/mol. The fourth-order valence-corrected chi connectivity index (χ4v) is 2.77. The number of hydrogen-bond donors (Lipinski definition) is 1. The van der Waals surface area contributed by atoms with Crippen LogP contribution >= 0.6 is 11.8 Å². The van der Waals surface area contributed by atoms with Gasteiger partial charge in [0.1, 0.15) is 0 Å². The van der Waals surface area contributed by atoms with E-state index in [2.05, 4.69) is 59.6 Å². The Balaban J connectivity index is 2.06. The highest BCUT2D eigenvalue weighted by atomic mass is 32.2. The molecule has 2 aromatic rings. The molecule has 0 fully saturated rings. The molecule has 0 radical (unpaired) electrons. The van der Waals surface area contributed by atoms with Crippen LogP contribution in [0.15, 0.2) is 54.3 Å². The maximum Gasteiger partial charge on any atom is 0.0951 e. The number of para-hydroxylation sites is 1. The summed E-state index contributed by atoms with van der Waals surface area (Å²) in [7, 11) is 0. The van der Waals surface area contributed by atoms with Gasteiger partial charge in [0.15, 0.2) is 0 Å². The monoisotopic (exact) mass is 287 g/mol. The first kappa shape index (κ1) is 14.7. The van der Waals surface area contributed by atoms with E-state index >= 15 is 0 Å². The molecule has 0 amide bonds. The maximum atomic E-state index is 4.23. The molecule has 0 aliphatic rings. The predicted molar refractivity (Wildman–Crippen MR) is 87.3 cm³/mol. The zero-order valence-corrected chi connectivity index (χ0v) is 12.9. The van der Waals surface area contributed by atoms with E-state index in [4.69, 9.17) is 0 Å². The standard InChI is InChI=1S/C16H21N3S/c1-4-9-20-16-8-6-5-7-15(16)18-11-14-10-17-12-19(14)13(2)3/h4-8,10,12-13,18H,1,9,11H2,2-3H3. The van der Waals surface area contributed by atoms with Crippen LogP contribution < -0.4 is 5.32 Å². The first-order valence-electron chi connectivity index (χ1n) is 6.79. The quantitative estimate of drug-likeness (QED) is 0.606. The molecule has 0 saturated carbocycles. The molecule has 0 atom stereocenters. The molecule has 1 aromatic carbocycles. The van der Waals surface area contributed by atoms with Crippen LogP contribution in [0.5, 0.6) is 0 Å². The topological polar surface area (TPSA) is 29.9 Å². The van der Waals surface area contributed by atoms with Crippen LogP contribution in [-0.2, 0) is 6.54 Å². The molecule has 106 valence electrons. The van der Waals surface area contributed by atoms with Crippen molar-refractivity contribution in [2.45, 2.75) is 31.3 Å². The van der Waals surface area contributed by atoms with Crippen molar-refractivity contribution in [2.24, 2.45) is 0 Å². The molecular weight excluding hydrogens is 266 g/mol. The van der Waals surface area contributed by atoms with E-state index in [1.54, 1.807) is 11.8 Å². The second-order valence-electron chi connectivity index (χ2n) is 4.84. The first-order valence-corrected chi connectivity index (χ1v) is 7.78. The van der Waals surface area contributed by atoms with Gasteiger partial charge < -0.3 is 9.88 Å². The molecule has 4 heteroatoms. The van der Waals surface area contributed by atoms with Crippen LogP contribution in [0.2, 0.25) is 0 Å². The Morgan fingerprint density at radius 3 is 2.95 bits per heavy atom. The molecule has 1 heterocycles. The van der Waals surface area contributed by atoms with Gasteiger partial charge in [-0.1, -0.05) is 18.2 Å². The van der Waals surface area contributed by atoms with Crippen LogP contribution in [0.1, 0.15) is 25.6 Å². The van der Waals surface area contributed by atoms with E-state index in [0.717, 1.165) is 18.0 Å². The van der Waals surface area contributed by atoms with Crippen LogP contribution in [0.3, 0.4) is 0 Å². The maximum absolute atomic E-state index is 4.23. The molecule has 0 bridgehead atoms. The van der Waals surface area contributed by atoms with Crippen molar-refractivity contribution in [1.82, 2.24) is 9.55 Å². The van der Waals surface area contributed by atoms with E-state index in [-0.39, 0.29) is 0 Å². The van der Waals surface area contributed by atoms with Crippen molar-refractivity contribution in [3.05, 3.63) is 55.1 Å². The number of thioether (sulfide) groups is 1. The van der Waals surface area contributed by atoms with Gasteiger partial charge in [-0.2, -0.15) is 0 Å². The number of hydrogen-bond acceptors (Lipinski definition) is 3. The summed E-state index contributed by atoms with van der Waals surface area (Å²) < 4.78 is 2.19. The van der Waals surface area contributed by atoms with Gasteiger partial charge >= 0.3 is 0 Å². The third kappa shape index (κ3) is 3.67. The summed E-state index contributed by atoms with van der Waals surface area (Å²) in [5.41, 5.74) is 2.36. The van der Waals surface area contributed by atoms with Crippen molar-refractivity contribution in [3.8, 4) is 0 Å². The molecule has 2 rings (SSSR count). The van der Waals surface area contributed by atoms with E-state index in [1.807, 2.05) is 18.6 Å². The second kappa shape index (κ2) is 7.20. The van der Waals surface area contributed by atoms with Gasteiger partial charge in [-0.3, -0.25) is 0 Å². The third-order valence-corrected chi connectivity index (χ3v) is 4.08. The smallest absolute Gasteiger partial charge is 0.0951 e. The Kier molecular flexibility index (Phi) is 5.30. The summed E-state index contributed by atoms with van der Waals surface area (Å²) in [6.07, 6.45) is 5.74. The van der Waals surface area contributed by atoms with Gasteiger partial charge in [-0.15, -0.1) is 18.3 Å². The van der Waals surface area contributed by atoms with Gasteiger partial charge in [0.25, 0.3) is 0 Å². The molecule has 0 unspecified atom stereocenters. The number of aromatic nitrogens is 2. The molecule has 0 spiro atoms. The Morgan fingerprint density at radius 2 is 2.20 bits per heavy atom. The van der Waals surface area contributed by atoms with Gasteiger partial charge in [0.05, 0.1) is 18.6 Å². The van der Waals surface area contributed by atoms with E-state index < -0.39 is 0 Å². The van der Waals surface area contributed by atoms with Crippen molar-refractivity contribution in [3.63, 3.8) is 0 Å². The summed E-state index contributed by atoms with van der Waals surface area (Å²) in [4.78, 5) is 5.48. The molecule has 1 N–H and O–H groups in total. The number of rotatable bonds is 7. The van der Waals surface area contributed by atoms with E-state index in [9.17, 15) is 0 Å². The van der Waals surface area contributed by atoms with Crippen LogP contribution in [0, 0.1) is 0 Å². The molecule has 3 nitrogen and oxygen atoms in total. The Hall–Kier alpha value is -1.68. The molecule has 1 aromatic heterocycles. The molecule has 0 aliphatic heterocycles. The van der Waals surface area contributed by atoms with Crippen molar-refractivity contribution in [1.29, 1.82) is 0 Å². The first-order chi connectivity index (χ1) is 9.72. The minimum atomic E-state index is 0.430. The highest BCUT2D eigenvalue weighted by Gasteiger charge is 2.06.